The van der Waals surface area contributed by atoms with Crippen LogP contribution in [0.15, 0.2) is 0 Å². The molecule has 0 aromatic heterocycles. The molecule has 0 amide bonds. The largest absolute Gasteiger partial charge is 0 e. The standard InChI is InChI=1S/4CH4.CH2.Bi.W.Y.H/h4*1H4;1H2;;;;. The zero-order chi connectivity index (χ0) is 2.00. The van der Waals surface area contributed by atoms with Crippen LogP contribution in [0.2, 0.25) is 0 Å². The summed E-state index contributed by atoms with van der Waals surface area (Å²) in [5, 5.41) is 0. The molecule has 0 unspecified atom stereocenters. The summed E-state index contributed by atoms with van der Waals surface area (Å²) in [6.07, 6.45) is 0. The maximum Gasteiger partial charge on any atom is 0 e. The van der Waals surface area contributed by atoms with Gasteiger partial charge in [0.2, 0.25) is 0 Å². The van der Waals surface area contributed by atoms with Gasteiger partial charge in [0.05, 0.1) is 0 Å². The summed E-state index contributed by atoms with van der Waals surface area (Å²) < 4.78 is 3.39. The van der Waals surface area contributed by atoms with Crippen LogP contribution >= 0.6 is 0 Å². The van der Waals surface area contributed by atoms with Gasteiger partial charge < -0.3 is 0 Å². The average Bonchev–Trinajstić information content (AvgIpc) is 1.00. The van der Waals surface area contributed by atoms with Gasteiger partial charge >= 0.3 is 28.4 Å². The second-order valence-electron chi connectivity index (χ2n) is 0. The van der Waals surface area contributed by atoms with Crippen LogP contribution in [0.25, 0.3) is 0 Å². The van der Waals surface area contributed by atoms with Crippen LogP contribution in [-0.4, -0.2) is 28.4 Å². The molecule has 0 aliphatic heterocycles. The molecule has 0 bridgehead atoms. The van der Waals surface area contributed by atoms with Crippen molar-refractivity contribution in [3.8, 4) is 0 Å². The van der Waals surface area contributed by atoms with Gasteiger partial charge in [-0.25, -0.2) is 0 Å². The van der Waals surface area contributed by atoms with Gasteiger partial charge in [-0.3, -0.25) is 0 Å². The zero-order valence-corrected chi connectivity index (χ0v) is 11.9. The first-order valence-electron chi connectivity index (χ1n) is 0.354. The fourth-order valence-corrected chi connectivity index (χ4v) is 0. The minimum absolute atomic E-state index is 0. The Hall–Kier alpha value is 2.55. The minimum atomic E-state index is 0. The van der Waals surface area contributed by atoms with E-state index in [1.165, 1.54) is 0 Å². The van der Waals surface area contributed by atoms with Crippen LogP contribution < -0.4 is 0 Å². The van der Waals surface area contributed by atoms with Crippen LogP contribution in [0, 0.1) is 0 Å². The number of hydrogen-bond donors (Lipinski definition) is 0. The van der Waals surface area contributed by atoms with Crippen LogP contribution in [0.5, 0.6) is 0 Å². The third kappa shape index (κ3) is 75.1. The Kier molecular flexibility index (Phi) is 1030. The molecule has 0 atom stereocenters. The Labute approximate surface area is 110 Å². The maximum absolute atomic E-state index is 3.39. The van der Waals surface area contributed by atoms with E-state index >= 15 is 0 Å². The predicted octanol–water partition coefficient (Wildman–Crippen LogP) is 1.86. The first kappa shape index (κ1) is 76.4. The predicted molar refractivity (Wildman–Crippen MR) is 41.2 cm³/mol. The van der Waals surface area contributed by atoms with E-state index in [9.17, 15) is 0 Å². The van der Waals surface area contributed by atoms with Crippen molar-refractivity contribution < 1.29 is 53.8 Å². The first-order chi connectivity index (χ1) is 1.00. The van der Waals surface area contributed by atoms with Gasteiger partial charge in [-0.1, -0.05) is 29.7 Å². The van der Waals surface area contributed by atoms with E-state index in [0.29, 0.717) is 0 Å². The van der Waals surface area contributed by atoms with Crippen LogP contribution in [0.4, 0.5) is 0 Å². The van der Waals surface area contributed by atoms with E-state index in [2.05, 4.69) is 4.21 Å². The Morgan fingerprint density at radius 2 is 0.750 bits per heavy atom. The normalized spacial score (nSPS) is 0.500. The van der Waals surface area contributed by atoms with E-state index in [1.54, 1.807) is 0 Å². The first-order valence-corrected chi connectivity index (χ1v) is 3.10. The average molecular weight is 561 g/mol. The van der Waals surface area contributed by atoms with Gasteiger partial charge in [-0.2, -0.15) is 0 Å². The van der Waals surface area contributed by atoms with Crippen molar-refractivity contribution in [2.75, 3.05) is 0 Å². The summed E-state index contributed by atoms with van der Waals surface area (Å²) in [5.41, 5.74) is 0. The van der Waals surface area contributed by atoms with Crippen molar-refractivity contribution in [1.29, 1.82) is 0 Å². The number of rotatable bonds is 0. The third-order valence-corrected chi connectivity index (χ3v) is 0. The quantitative estimate of drug-likeness (QED) is 0.397. The molecule has 0 aliphatic rings. The van der Waals surface area contributed by atoms with E-state index in [0.717, 1.165) is 24.2 Å². The van der Waals surface area contributed by atoms with Gasteiger partial charge in [-0.15, -0.1) is 0 Å². The minimum Gasteiger partial charge on any atom is 0 e. The molecule has 1 radical (unpaired) electrons. The van der Waals surface area contributed by atoms with E-state index in [1.807, 2.05) is 0 Å². The van der Waals surface area contributed by atoms with Crippen molar-refractivity contribution in [3.05, 3.63) is 0 Å². The van der Waals surface area contributed by atoms with E-state index in [-0.39, 0.29) is 83.5 Å². The molecular formula is C5H19BiWY. The summed E-state index contributed by atoms with van der Waals surface area (Å²) in [7, 11) is 0. The molecule has 0 saturated carbocycles. The van der Waals surface area contributed by atoms with Gasteiger partial charge in [0.25, 0.3) is 0 Å². The molecular weight excluding hydrogens is 542 g/mol. The van der Waals surface area contributed by atoms with Gasteiger partial charge in [0.1, 0.15) is 0 Å². The molecule has 0 heterocycles. The van der Waals surface area contributed by atoms with Crippen molar-refractivity contribution >= 4 is 28.4 Å². The second kappa shape index (κ2) is 108. The molecule has 53 valence electrons. The second-order valence-corrected chi connectivity index (χ2v) is 0. The van der Waals surface area contributed by atoms with Crippen LogP contribution in [0.1, 0.15) is 29.7 Å². The van der Waals surface area contributed by atoms with Gasteiger partial charge in [0, 0.05) is 53.8 Å². The number of hydrogen-bond acceptors (Lipinski definition) is 0. The fourth-order valence-electron chi connectivity index (χ4n) is 0. The Morgan fingerprint density at radius 3 is 0.750 bits per heavy atom. The Morgan fingerprint density at radius 1 is 0.750 bits per heavy atom. The van der Waals surface area contributed by atoms with E-state index in [4.69, 9.17) is 0 Å². The summed E-state index contributed by atoms with van der Waals surface area (Å²) >= 11 is 1.06. The van der Waals surface area contributed by atoms with Gasteiger partial charge in [0.15, 0.2) is 0 Å². The van der Waals surface area contributed by atoms with Crippen molar-refractivity contribution in [2.45, 2.75) is 29.7 Å². The van der Waals surface area contributed by atoms with Crippen LogP contribution in [-0.2, 0) is 53.8 Å². The molecule has 0 nitrogen and oxygen atoms in total. The third-order valence-electron chi connectivity index (χ3n) is 0. The molecule has 0 fully saturated rings. The molecule has 0 N–H and O–H groups in total. The molecule has 0 saturated heterocycles. The fraction of sp³-hybridized carbons (Fsp3) is 0.800. The van der Waals surface area contributed by atoms with E-state index < -0.39 is 0 Å². The summed E-state index contributed by atoms with van der Waals surface area (Å²) in [5.74, 6) is 0. The smallest absolute Gasteiger partial charge is 0 e. The molecule has 3 heteroatoms. The molecule has 0 rings (SSSR count). The summed E-state index contributed by atoms with van der Waals surface area (Å²) in [6, 6.07) is 0. The van der Waals surface area contributed by atoms with Crippen molar-refractivity contribution in [3.63, 3.8) is 0 Å². The van der Waals surface area contributed by atoms with Crippen LogP contribution in [0.3, 0.4) is 0 Å². The van der Waals surface area contributed by atoms with Gasteiger partial charge in [-0.05, 0) is 0 Å². The van der Waals surface area contributed by atoms with Crippen molar-refractivity contribution in [2.24, 2.45) is 0 Å². The molecule has 8 heavy (non-hydrogen) atoms. The monoisotopic (exact) mass is 561 g/mol. The Bertz CT molecular complexity index is 12.4. The Balaban J connectivity index is -0.000000000333. The molecule has 0 aromatic carbocycles. The van der Waals surface area contributed by atoms with Crippen molar-refractivity contribution in [1.82, 2.24) is 0 Å². The SMILES string of the molecule is C.C.C.C.[CH2]=[BiH].[W].[Y]. The molecule has 0 aromatic rings. The zero-order valence-electron chi connectivity index (χ0n) is 2.19. The topological polar surface area (TPSA) is 0 Å². The molecule has 0 aliphatic carbocycles. The maximum atomic E-state index is 3.39. The molecule has 0 spiro atoms. The summed E-state index contributed by atoms with van der Waals surface area (Å²) in [4.78, 5) is 0. The summed E-state index contributed by atoms with van der Waals surface area (Å²) in [6.45, 7) is 0.